The van der Waals surface area contributed by atoms with E-state index in [0.29, 0.717) is 25.1 Å². The molecule has 0 unspecified atom stereocenters. The summed E-state index contributed by atoms with van der Waals surface area (Å²) in [6.45, 7) is 7.04. The van der Waals surface area contributed by atoms with Gasteiger partial charge < -0.3 is 10.6 Å². The predicted octanol–water partition coefficient (Wildman–Crippen LogP) is 2.64. The number of carbonyl (C=O) groups is 2. The Morgan fingerprint density at radius 2 is 2.00 bits per heavy atom. The minimum absolute atomic E-state index is 0.107. The molecular formula is C17H24N2O2. The monoisotopic (exact) mass is 288 g/mol. The number of carbonyl (C=O) groups excluding carboxylic acids is 2. The average molecular weight is 288 g/mol. The highest BCUT2D eigenvalue weighted by molar-refractivity contribution is 6.08. The van der Waals surface area contributed by atoms with Crippen LogP contribution in [0, 0.1) is 0 Å². The lowest BCUT2D eigenvalue weighted by Crippen LogP contribution is -2.36. The Morgan fingerprint density at radius 3 is 2.62 bits per heavy atom. The third kappa shape index (κ3) is 2.72. The summed E-state index contributed by atoms with van der Waals surface area (Å²) in [6.07, 6.45) is 2.28. The zero-order chi connectivity index (χ0) is 15.6. The van der Waals surface area contributed by atoms with Gasteiger partial charge in [-0.2, -0.15) is 0 Å². The lowest BCUT2D eigenvalue weighted by atomic mass is 9.85. The lowest BCUT2D eigenvalue weighted by molar-refractivity contribution is -0.122. The standard InChI is InChI=1S/C17H24N2O2/c1-4-15(20)12-7-8-14-13(11-12)17(2,3)16(21)19(14)10-6-5-9-18/h7-8,11H,4-6,9-10,18H2,1-3H3. The maximum absolute atomic E-state index is 12.6. The second-order valence-electron chi connectivity index (χ2n) is 6.09. The van der Waals surface area contributed by atoms with E-state index in [2.05, 4.69) is 0 Å². The van der Waals surface area contributed by atoms with Crippen molar-refractivity contribution in [2.24, 2.45) is 5.73 Å². The molecular weight excluding hydrogens is 264 g/mol. The van der Waals surface area contributed by atoms with Crippen LogP contribution < -0.4 is 10.6 Å². The number of hydrogen-bond acceptors (Lipinski definition) is 3. The number of amides is 1. The summed E-state index contributed by atoms with van der Waals surface area (Å²) < 4.78 is 0. The largest absolute Gasteiger partial charge is 0.330 e. The molecule has 2 N–H and O–H groups in total. The third-order valence-corrected chi connectivity index (χ3v) is 4.22. The van der Waals surface area contributed by atoms with E-state index >= 15 is 0 Å². The minimum atomic E-state index is -0.567. The number of fused-ring (bicyclic) bond motifs is 1. The molecule has 4 heteroatoms. The molecule has 0 aromatic heterocycles. The van der Waals surface area contributed by atoms with E-state index in [-0.39, 0.29) is 11.7 Å². The molecule has 0 spiro atoms. The molecule has 0 atom stereocenters. The Labute approximate surface area is 126 Å². The summed E-state index contributed by atoms with van der Waals surface area (Å²) in [6, 6.07) is 5.63. The fraction of sp³-hybridized carbons (Fsp3) is 0.529. The van der Waals surface area contributed by atoms with Crippen LogP contribution in [-0.4, -0.2) is 24.8 Å². The van der Waals surface area contributed by atoms with Crippen LogP contribution in [0.15, 0.2) is 18.2 Å². The molecule has 0 saturated carbocycles. The highest BCUT2D eigenvalue weighted by atomic mass is 16.2. The normalized spacial score (nSPS) is 16.2. The molecule has 1 aromatic rings. The molecule has 0 bridgehead atoms. The van der Waals surface area contributed by atoms with Crippen LogP contribution in [0.25, 0.3) is 0 Å². The second kappa shape index (κ2) is 5.98. The molecule has 1 aliphatic heterocycles. The second-order valence-corrected chi connectivity index (χ2v) is 6.09. The Morgan fingerprint density at radius 1 is 1.29 bits per heavy atom. The molecule has 2 rings (SSSR count). The van der Waals surface area contributed by atoms with Crippen molar-refractivity contribution in [2.45, 2.75) is 45.4 Å². The summed E-state index contributed by atoms with van der Waals surface area (Å²) in [5.74, 6) is 0.221. The fourth-order valence-corrected chi connectivity index (χ4v) is 2.85. The summed E-state index contributed by atoms with van der Waals surface area (Å²) in [7, 11) is 0. The molecule has 0 radical (unpaired) electrons. The van der Waals surface area contributed by atoms with Crippen LogP contribution >= 0.6 is 0 Å². The molecule has 0 fully saturated rings. The predicted molar refractivity (Wildman–Crippen MR) is 84.7 cm³/mol. The topological polar surface area (TPSA) is 63.4 Å². The van der Waals surface area contributed by atoms with Crippen molar-refractivity contribution < 1.29 is 9.59 Å². The Kier molecular flexibility index (Phi) is 4.47. The van der Waals surface area contributed by atoms with Gasteiger partial charge in [0.15, 0.2) is 5.78 Å². The number of benzene rings is 1. The van der Waals surface area contributed by atoms with Crippen molar-refractivity contribution in [1.82, 2.24) is 0 Å². The first-order valence-corrected chi connectivity index (χ1v) is 7.63. The van der Waals surface area contributed by atoms with Crippen molar-refractivity contribution in [3.8, 4) is 0 Å². The van der Waals surface area contributed by atoms with Gasteiger partial charge in [-0.1, -0.05) is 6.92 Å². The van der Waals surface area contributed by atoms with Crippen LogP contribution in [0.3, 0.4) is 0 Å². The number of unbranched alkanes of at least 4 members (excludes halogenated alkanes) is 1. The maximum atomic E-state index is 12.6. The minimum Gasteiger partial charge on any atom is -0.330 e. The first kappa shape index (κ1) is 15.7. The number of anilines is 1. The lowest BCUT2D eigenvalue weighted by Gasteiger charge is -2.20. The fourth-order valence-electron chi connectivity index (χ4n) is 2.85. The van der Waals surface area contributed by atoms with Crippen molar-refractivity contribution in [3.63, 3.8) is 0 Å². The zero-order valence-electron chi connectivity index (χ0n) is 13.1. The van der Waals surface area contributed by atoms with Crippen molar-refractivity contribution >= 4 is 17.4 Å². The summed E-state index contributed by atoms with van der Waals surface area (Å²) in [4.78, 5) is 26.4. The smallest absolute Gasteiger partial charge is 0.237 e. The molecule has 1 heterocycles. The first-order valence-electron chi connectivity index (χ1n) is 7.63. The van der Waals surface area contributed by atoms with Gasteiger partial charge in [-0.25, -0.2) is 0 Å². The highest BCUT2D eigenvalue weighted by Crippen LogP contribution is 2.42. The van der Waals surface area contributed by atoms with Crippen molar-refractivity contribution in [1.29, 1.82) is 0 Å². The number of hydrogen-bond donors (Lipinski definition) is 1. The molecule has 114 valence electrons. The van der Waals surface area contributed by atoms with Crippen LogP contribution in [0.2, 0.25) is 0 Å². The summed E-state index contributed by atoms with van der Waals surface area (Å²) in [5, 5.41) is 0. The number of nitrogens with two attached hydrogens (primary N) is 1. The van der Waals surface area contributed by atoms with Gasteiger partial charge in [-0.05, 0) is 57.0 Å². The van der Waals surface area contributed by atoms with Gasteiger partial charge in [0, 0.05) is 24.2 Å². The van der Waals surface area contributed by atoms with Crippen LogP contribution in [0.5, 0.6) is 0 Å². The van der Waals surface area contributed by atoms with E-state index in [9.17, 15) is 9.59 Å². The summed E-state index contributed by atoms with van der Waals surface area (Å²) >= 11 is 0. The van der Waals surface area contributed by atoms with E-state index in [0.717, 1.165) is 24.1 Å². The van der Waals surface area contributed by atoms with Gasteiger partial charge in [-0.15, -0.1) is 0 Å². The van der Waals surface area contributed by atoms with E-state index in [1.165, 1.54) is 0 Å². The summed E-state index contributed by atoms with van der Waals surface area (Å²) in [5.41, 5.74) is 7.55. The Balaban J connectivity index is 2.37. The number of Topliss-reactive ketones (excluding diaryl/α,β-unsaturated/α-hetero) is 1. The van der Waals surface area contributed by atoms with Crippen LogP contribution in [0.1, 0.15) is 56.0 Å². The van der Waals surface area contributed by atoms with E-state index in [4.69, 9.17) is 5.73 Å². The number of rotatable bonds is 6. The molecule has 4 nitrogen and oxygen atoms in total. The number of ketones is 1. The van der Waals surface area contributed by atoms with Gasteiger partial charge >= 0.3 is 0 Å². The average Bonchev–Trinajstić information content (AvgIpc) is 2.67. The van der Waals surface area contributed by atoms with Gasteiger partial charge in [0.2, 0.25) is 5.91 Å². The van der Waals surface area contributed by atoms with Crippen LogP contribution in [0.4, 0.5) is 5.69 Å². The highest BCUT2D eigenvalue weighted by Gasteiger charge is 2.43. The molecule has 1 aliphatic rings. The van der Waals surface area contributed by atoms with E-state index < -0.39 is 5.41 Å². The van der Waals surface area contributed by atoms with Crippen molar-refractivity contribution in [3.05, 3.63) is 29.3 Å². The van der Waals surface area contributed by atoms with Gasteiger partial charge in [-0.3, -0.25) is 9.59 Å². The Hall–Kier alpha value is -1.68. The maximum Gasteiger partial charge on any atom is 0.237 e. The quantitative estimate of drug-likeness (QED) is 0.646. The van der Waals surface area contributed by atoms with E-state index in [1.807, 2.05) is 43.9 Å². The molecule has 21 heavy (non-hydrogen) atoms. The zero-order valence-corrected chi connectivity index (χ0v) is 13.1. The van der Waals surface area contributed by atoms with Crippen LogP contribution in [-0.2, 0) is 10.2 Å². The van der Waals surface area contributed by atoms with Gasteiger partial charge in [0.05, 0.1) is 5.41 Å². The molecule has 0 saturated heterocycles. The third-order valence-electron chi connectivity index (χ3n) is 4.22. The molecule has 1 amide bonds. The molecule has 1 aromatic carbocycles. The van der Waals surface area contributed by atoms with Gasteiger partial charge in [0.1, 0.15) is 0 Å². The van der Waals surface area contributed by atoms with Crippen molar-refractivity contribution in [2.75, 3.05) is 18.0 Å². The first-order chi connectivity index (χ1) is 9.93. The van der Waals surface area contributed by atoms with E-state index in [1.54, 1.807) is 0 Å². The number of nitrogens with zero attached hydrogens (tertiary/aromatic N) is 1. The SMILES string of the molecule is CCC(=O)c1ccc2c(c1)C(C)(C)C(=O)N2CCCCN. The molecule has 0 aliphatic carbocycles. The van der Waals surface area contributed by atoms with Gasteiger partial charge in [0.25, 0.3) is 0 Å². The Bertz CT molecular complexity index is 564.